The molecule has 0 fully saturated rings. The molecule has 0 saturated heterocycles. The Hall–Kier alpha value is -2.34. The second-order valence-electron chi connectivity index (χ2n) is 5.70. The van der Waals surface area contributed by atoms with Gasteiger partial charge in [-0.25, -0.2) is 4.79 Å². The maximum Gasteiger partial charge on any atom is 0.349 e. The average Bonchev–Trinajstić information content (AvgIpc) is 2.58. The van der Waals surface area contributed by atoms with E-state index in [0.717, 1.165) is 6.42 Å². The largest absolute Gasteiger partial charge is 0.426 e. The molecular formula is C18H20ClNO5. The Morgan fingerprint density at radius 3 is 2.76 bits per heavy atom. The van der Waals surface area contributed by atoms with E-state index in [4.69, 9.17) is 20.8 Å². The second kappa shape index (κ2) is 8.67. The van der Waals surface area contributed by atoms with Crippen molar-refractivity contribution >= 4 is 34.4 Å². The third-order valence-electron chi connectivity index (χ3n) is 3.69. The molecular weight excluding hydrogens is 346 g/mol. The minimum atomic E-state index is -0.737. The van der Waals surface area contributed by atoms with Crippen molar-refractivity contribution in [1.82, 2.24) is 5.32 Å². The summed E-state index contributed by atoms with van der Waals surface area (Å²) in [5, 5.41) is 3.29. The normalized spacial score (nSPS) is 12.0. The second-order valence-corrected chi connectivity index (χ2v) is 6.07. The van der Waals surface area contributed by atoms with Crippen LogP contribution in [0.5, 0.6) is 5.75 Å². The number of fused-ring (bicyclic) bond motifs is 1. The molecule has 0 bridgehead atoms. The number of ether oxygens (including phenoxy) is 1. The minimum Gasteiger partial charge on any atom is -0.426 e. The number of amides is 1. The molecule has 1 heterocycles. The van der Waals surface area contributed by atoms with E-state index in [1.807, 2.05) is 13.8 Å². The van der Waals surface area contributed by atoms with Crippen LogP contribution < -0.4 is 15.7 Å². The van der Waals surface area contributed by atoms with Gasteiger partial charge in [-0.2, -0.15) is 0 Å². The van der Waals surface area contributed by atoms with Crippen molar-refractivity contribution in [1.29, 1.82) is 0 Å². The first-order chi connectivity index (χ1) is 11.9. The zero-order valence-electron chi connectivity index (χ0n) is 14.1. The monoisotopic (exact) mass is 365 g/mol. The molecule has 0 aliphatic rings. The number of halogens is 1. The van der Waals surface area contributed by atoms with Gasteiger partial charge in [0.1, 0.15) is 16.9 Å². The van der Waals surface area contributed by atoms with Crippen molar-refractivity contribution in [3.05, 3.63) is 40.2 Å². The van der Waals surface area contributed by atoms with Crippen molar-refractivity contribution in [2.75, 3.05) is 5.88 Å². The van der Waals surface area contributed by atoms with Crippen molar-refractivity contribution in [3.8, 4) is 5.75 Å². The lowest BCUT2D eigenvalue weighted by atomic mass is 10.1. The summed E-state index contributed by atoms with van der Waals surface area (Å²) in [6, 6.07) is 6.08. The fraction of sp³-hybridized carbons (Fsp3) is 0.389. The molecule has 0 saturated carbocycles. The molecule has 1 atom stereocenters. The minimum absolute atomic E-state index is 0.0441. The quantitative estimate of drug-likeness (QED) is 0.352. The van der Waals surface area contributed by atoms with Crippen molar-refractivity contribution in [2.45, 2.75) is 39.2 Å². The van der Waals surface area contributed by atoms with E-state index in [-0.39, 0.29) is 29.4 Å². The predicted octanol–water partition coefficient (Wildman–Crippen LogP) is 3.25. The summed E-state index contributed by atoms with van der Waals surface area (Å²) in [5.74, 6) is -0.232. The van der Waals surface area contributed by atoms with Gasteiger partial charge >= 0.3 is 11.6 Å². The Morgan fingerprint density at radius 1 is 1.32 bits per heavy atom. The van der Waals surface area contributed by atoms with Crippen LogP contribution >= 0.6 is 11.6 Å². The van der Waals surface area contributed by atoms with E-state index in [9.17, 15) is 14.4 Å². The SMILES string of the molecule is CCC(C)NC(=O)c1cc2ccc(OC(=O)CCCCl)cc2oc1=O. The molecule has 0 spiro atoms. The smallest absolute Gasteiger partial charge is 0.349 e. The highest BCUT2D eigenvalue weighted by molar-refractivity contribution is 6.17. The van der Waals surface area contributed by atoms with Crippen LogP contribution in [0.25, 0.3) is 11.0 Å². The number of hydrogen-bond donors (Lipinski definition) is 1. The molecule has 1 amide bonds. The Balaban J connectivity index is 2.24. The van der Waals surface area contributed by atoms with Gasteiger partial charge in [-0.05, 0) is 38.0 Å². The van der Waals surface area contributed by atoms with Gasteiger partial charge in [0.2, 0.25) is 0 Å². The molecule has 0 aliphatic carbocycles. The van der Waals surface area contributed by atoms with Gasteiger partial charge < -0.3 is 14.5 Å². The fourth-order valence-electron chi connectivity index (χ4n) is 2.11. The molecule has 1 aromatic heterocycles. The molecule has 2 aromatic rings. The van der Waals surface area contributed by atoms with Gasteiger partial charge in [0.25, 0.3) is 5.91 Å². The van der Waals surface area contributed by atoms with Crippen molar-refractivity contribution < 1.29 is 18.7 Å². The summed E-state index contributed by atoms with van der Waals surface area (Å²) >= 11 is 5.53. The van der Waals surface area contributed by atoms with E-state index in [2.05, 4.69) is 5.32 Å². The molecule has 0 aliphatic heterocycles. The zero-order chi connectivity index (χ0) is 18.4. The lowest BCUT2D eigenvalue weighted by Gasteiger charge is -2.11. The molecule has 25 heavy (non-hydrogen) atoms. The van der Waals surface area contributed by atoms with Gasteiger partial charge in [0.15, 0.2) is 0 Å². The van der Waals surface area contributed by atoms with E-state index >= 15 is 0 Å². The highest BCUT2D eigenvalue weighted by atomic mass is 35.5. The Labute approximate surface area is 150 Å². The number of nitrogens with one attached hydrogen (secondary N) is 1. The zero-order valence-corrected chi connectivity index (χ0v) is 14.9. The van der Waals surface area contributed by atoms with Crippen LogP contribution in [0.15, 0.2) is 33.5 Å². The number of carbonyl (C=O) groups excluding carboxylic acids is 2. The molecule has 134 valence electrons. The van der Waals surface area contributed by atoms with Crippen LogP contribution in [0.2, 0.25) is 0 Å². The van der Waals surface area contributed by atoms with E-state index < -0.39 is 17.5 Å². The topological polar surface area (TPSA) is 85.6 Å². The molecule has 6 nitrogen and oxygen atoms in total. The third kappa shape index (κ3) is 5.06. The van der Waals surface area contributed by atoms with E-state index in [1.54, 1.807) is 12.1 Å². The maximum absolute atomic E-state index is 12.1. The summed E-state index contributed by atoms with van der Waals surface area (Å²) in [5.41, 5.74) is -0.550. The molecule has 1 unspecified atom stereocenters. The lowest BCUT2D eigenvalue weighted by molar-refractivity contribution is -0.134. The summed E-state index contributed by atoms with van der Waals surface area (Å²) < 4.78 is 10.4. The number of alkyl halides is 1. The third-order valence-corrected chi connectivity index (χ3v) is 3.96. The van der Waals surface area contributed by atoms with Crippen molar-refractivity contribution in [2.24, 2.45) is 0 Å². The average molecular weight is 366 g/mol. The van der Waals surface area contributed by atoms with E-state index in [0.29, 0.717) is 17.7 Å². The highest BCUT2D eigenvalue weighted by Gasteiger charge is 2.16. The first kappa shape index (κ1) is 19.0. The first-order valence-corrected chi connectivity index (χ1v) is 8.63. The van der Waals surface area contributed by atoms with Gasteiger partial charge in [0, 0.05) is 29.8 Å². The number of carbonyl (C=O) groups is 2. The first-order valence-electron chi connectivity index (χ1n) is 8.10. The number of hydrogen-bond acceptors (Lipinski definition) is 5. The molecule has 2 rings (SSSR count). The van der Waals surface area contributed by atoms with Crippen LogP contribution in [0, 0.1) is 0 Å². The molecule has 0 radical (unpaired) electrons. The molecule has 1 aromatic carbocycles. The van der Waals surface area contributed by atoms with Gasteiger partial charge in [-0.3, -0.25) is 9.59 Å². The van der Waals surface area contributed by atoms with Crippen molar-refractivity contribution in [3.63, 3.8) is 0 Å². The van der Waals surface area contributed by atoms with Crippen LogP contribution in [0.4, 0.5) is 0 Å². The summed E-state index contributed by atoms with van der Waals surface area (Å²) in [4.78, 5) is 35.8. The summed E-state index contributed by atoms with van der Waals surface area (Å²) in [6.07, 6.45) is 1.49. The Bertz CT molecular complexity index is 830. The summed E-state index contributed by atoms with van der Waals surface area (Å²) in [6.45, 7) is 3.79. The number of rotatable bonds is 7. The Kier molecular flexibility index (Phi) is 6.58. The Morgan fingerprint density at radius 2 is 2.08 bits per heavy atom. The lowest BCUT2D eigenvalue weighted by Crippen LogP contribution is -2.34. The fourth-order valence-corrected chi connectivity index (χ4v) is 2.24. The van der Waals surface area contributed by atoms with Gasteiger partial charge in [0.05, 0.1) is 0 Å². The highest BCUT2D eigenvalue weighted by Crippen LogP contribution is 2.21. The molecule has 1 N–H and O–H groups in total. The number of esters is 1. The van der Waals surface area contributed by atoms with Gasteiger partial charge in [-0.1, -0.05) is 6.92 Å². The summed E-state index contributed by atoms with van der Waals surface area (Å²) in [7, 11) is 0. The van der Waals surface area contributed by atoms with Crippen LogP contribution in [-0.4, -0.2) is 23.8 Å². The van der Waals surface area contributed by atoms with Crippen LogP contribution in [0.1, 0.15) is 43.5 Å². The van der Waals surface area contributed by atoms with E-state index in [1.165, 1.54) is 12.1 Å². The maximum atomic E-state index is 12.1. The standard InChI is InChI=1S/C18H20ClNO5/c1-3-11(2)20-17(22)14-9-12-6-7-13(10-15(12)25-18(14)23)24-16(21)5-4-8-19/h6-7,9-11H,3-5,8H2,1-2H3,(H,20,22). The van der Waals surface area contributed by atoms with Crippen LogP contribution in [0.3, 0.4) is 0 Å². The number of benzene rings is 1. The van der Waals surface area contributed by atoms with Crippen LogP contribution in [-0.2, 0) is 4.79 Å². The van der Waals surface area contributed by atoms with Gasteiger partial charge in [-0.15, -0.1) is 11.6 Å². The molecule has 7 heteroatoms. The predicted molar refractivity (Wildman–Crippen MR) is 95.3 cm³/mol.